The van der Waals surface area contributed by atoms with Gasteiger partial charge in [0.15, 0.2) is 0 Å². The highest BCUT2D eigenvalue weighted by molar-refractivity contribution is 9.10. The first kappa shape index (κ1) is 14.2. The molecule has 0 unspecified atom stereocenters. The van der Waals surface area contributed by atoms with E-state index < -0.39 is 0 Å². The summed E-state index contributed by atoms with van der Waals surface area (Å²) in [6.45, 7) is 6.38. The van der Waals surface area contributed by atoms with Crippen LogP contribution >= 0.6 is 15.9 Å². The van der Waals surface area contributed by atoms with Gasteiger partial charge < -0.3 is 10.6 Å². The molecule has 1 amide bonds. The fraction of sp³-hybridized carbons (Fsp3) is 0.462. The first-order valence-corrected chi connectivity index (χ1v) is 6.56. The van der Waals surface area contributed by atoms with Crippen molar-refractivity contribution in [1.82, 2.24) is 10.6 Å². The van der Waals surface area contributed by atoms with Crippen LogP contribution < -0.4 is 10.6 Å². The van der Waals surface area contributed by atoms with Crippen molar-refractivity contribution < 1.29 is 4.79 Å². The molecule has 0 bridgehead atoms. The maximum Gasteiger partial charge on any atom is 0.234 e. The first-order valence-electron chi connectivity index (χ1n) is 5.77. The maximum absolute atomic E-state index is 11.6. The van der Waals surface area contributed by atoms with Crippen LogP contribution in [0.2, 0.25) is 0 Å². The van der Waals surface area contributed by atoms with Gasteiger partial charge in [0, 0.05) is 10.5 Å². The van der Waals surface area contributed by atoms with Crippen LogP contribution in [0.25, 0.3) is 0 Å². The van der Waals surface area contributed by atoms with Gasteiger partial charge in [-0.1, -0.05) is 41.9 Å². The Morgan fingerprint density at radius 2 is 1.82 bits per heavy atom. The first-order chi connectivity index (χ1) is 7.99. The van der Waals surface area contributed by atoms with Crippen LogP contribution in [0.3, 0.4) is 0 Å². The predicted octanol–water partition coefficient (Wildman–Crippen LogP) is 2.62. The third-order valence-corrected chi connectivity index (χ3v) is 2.95. The average molecular weight is 299 g/mol. The molecule has 1 aromatic carbocycles. The summed E-state index contributed by atoms with van der Waals surface area (Å²) in [6.07, 6.45) is 0. The van der Waals surface area contributed by atoms with Gasteiger partial charge in [0.05, 0.1) is 12.6 Å². The Morgan fingerprint density at radius 3 is 2.35 bits per heavy atom. The molecule has 0 fully saturated rings. The lowest BCUT2D eigenvalue weighted by atomic mass is 10.1. The van der Waals surface area contributed by atoms with Gasteiger partial charge in [0.1, 0.15) is 0 Å². The summed E-state index contributed by atoms with van der Waals surface area (Å²) in [6, 6.07) is 8.32. The van der Waals surface area contributed by atoms with Crippen LogP contribution in [-0.4, -0.2) is 18.5 Å². The highest BCUT2D eigenvalue weighted by Gasteiger charge is 2.09. The van der Waals surface area contributed by atoms with E-state index in [4.69, 9.17) is 0 Å². The van der Waals surface area contributed by atoms with Crippen LogP contribution in [0.1, 0.15) is 32.4 Å². The number of halogens is 1. The van der Waals surface area contributed by atoms with E-state index in [9.17, 15) is 4.79 Å². The molecule has 0 aliphatic carbocycles. The fourth-order valence-electron chi connectivity index (χ4n) is 1.42. The molecule has 0 aromatic heterocycles. The van der Waals surface area contributed by atoms with E-state index in [2.05, 4.69) is 26.6 Å². The van der Waals surface area contributed by atoms with Crippen molar-refractivity contribution in [2.45, 2.75) is 32.9 Å². The zero-order valence-electron chi connectivity index (χ0n) is 10.5. The minimum absolute atomic E-state index is 0.0223. The third kappa shape index (κ3) is 5.33. The zero-order valence-corrected chi connectivity index (χ0v) is 12.0. The molecule has 3 nitrogen and oxygen atoms in total. The standard InChI is InChI=1S/C13H19BrN2O/c1-9(2)15-8-13(17)16-10(3)11-4-6-12(14)7-5-11/h4-7,9-10,15H,8H2,1-3H3,(H,16,17)/t10-/m1/s1. The minimum atomic E-state index is 0.0223. The lowest BCUT2D eigenvalue weighted by molar-refractivity contribution is -0.121. The minimum Gasteiger partial charge on any atom is -0.348 e. The Labute approximate surface area is 111 Å². The molecule has 0 spiro atoms. The van der Waals surface area contributed by atoms with Gasteiger partial charge in [-0.15, -0.1) is 0 Å². The van der Waals surface area contributed by atoms with Crippen molar-refractivity contribution in [2.24, 2.45) is 0 Å². The quantitative estimate of drug-likeness (QED) is 0.877. The van der Waals surface area contributed by atoms with Crippen molar-refractivity contribution in [3.8, 4) is 0 Å². The Hall–Kier alpha value is -0.870. The molecule has 94 valence electrons. The second kappa shape index (κ2) is 6.77. The van der Waals surface area contributed by atoms with Crippen LogP contribution in [0.5, 0.6) is 0 Å². The van der Waals surface area contributed by atoms with Crippen LogP contribution in [-0.2, 0) is 4.79 Å². The molecule has 0 saturated carbocycles. The molecular weight excluding hydrogens is 280 g/mol. The third-order valence-electron chi connectivity index (χ3n) is 2.42. The lowest BCUT2D eigenvalue weighted by Crippen LogP contribution is -2.37. The molecule has 0 aliphatic heterocycles. The highest BCUT2D eigenvalue weighted by Crippen LogP contribution is 2.16. The van der Waals surface area contributed by atoms with E-state index in [0.717, 1.165) is 10.0 Å². The molecule has 1 aromatic rings. The average Bonchev–Trinajstić information content (AvgIpc) is 2.27. The Morgan fingerprint density at radius 1 is 1.24 bits per heavy atom. The second-order valence-corrected chi connectivity index (χ2v) is 5.29. The Balaban J connectivity index is 2.46. The van der Waals surface area contributed by atoms with Gasteiger partial charge in [-0.25, -0.2) is 0 Å². The largest absolute Gasteiger partial charge is 0.348 e. The summed E-state index contributed by atoms with van der Waals surface area (Å²) < 4.78 is 1.04. The van der Waals surface area contributed by atoms with E-state index >= 15 is 0 Å². The lowest BCUT2D eigenvalue weighted by Gasteiger charge is -2.15. The van der Waals surface area contributed by atoms with E-state index in [0.29, 0.717) is 12.6 Å². The van der Waals surface area contributed by atoms with Crippen LogP contribution in [0.15, 0.2) is 28.7 Å². The number of hydrogen-bond acceptors (Lipinski definition) is 2. The smallest absolute Gasteiger partial charge is 0.234 e. The Bertz CT molecular complexity index is 362. The molecule has 1 atom stereocenters. The van der Waals surface area contributed by atoms with Gasteiger partial charge >= 0.3 is 0 Å². The van der Waals surface area contributed by atoms with E-state index in [1.54, 1.807) is 0 Å². The van der Waals surface area contributed by atoms with Gasteiger partial charge in [-0.2, -0.15) is 0 Å². The molecule has 0 heterocycles. The van der Waals surface area contributed by atoms with Crippen LogP contribution in [0.4, 0.5) is 0 Å². The molecule has 0 aliphatic rings. The number of nitrogens with one attached hydrogen (secondary N) is 2. The summed E-state index contributed by atoms with van der Waals surface area (Å²) in [5.74, 6) is 0.0223. The normalized spacial score (nSPS) is 12.5. The van der Waals surface area contributed by atoms with Gasteiger partial charge in [-0.3, -0.25) is 4.79 Å². The van der Waals surface area contributed by atoms with E-state index in [1.165, 1.54) is 0 Å². The number of benzene rings is 1. The number of hydrogen-bond donors (Lipinski definition) is 2. The molecule has 0 saturated heterocycles. The van der Waals surface area contributed by atoms with Crippen molar-refractivity contribution in [1.29, 1.82) is 0 Å². The van der Waals surface area contributed by atoms with Gasteiger partial charge in [0.25, 0.3) is 0 Å². The van der Waals surface area contributed by atoms with E-state index in [-0.39, 0.29) is 11.9 Å². The van der Waals surface area contributed by atoms with Crippen molar-refractivity contribution in [3.05, 3.63) is 34.3 Å². The van der Waals surface area contributed by atoms with Crippen molar-refractivity contribution >= 4 is 21.8 Å². The van der Waals surface area contributed by atoms with Crippen LogP contribution in [0, 0.1) is 0 Å². The SMILES string of the molecule is CC(C)NCC(=O)N[C@H](C)c1ccc(Br)cc1. The summed E-state index contributed by atoms with van der Waals surface area (Å²) >= 11 is 3.39. The van der Waals surface area contributed by atoms with Crippen molar-refractivity contribution in [3.63, 3.8) is 0 Å². The molecule has 0 radical (unpaired) electrons. The summed E-state index contributed by atoms with van der Waals surface area (Å²) in [4.78, 5) is 11.6. The van der Waals surface area contributed by atoms with E-state index in [1.807, 2.05) is 45.0 Å². The fourth-order valence-corrected chi connectivity index (χ4v) is 1.69. The topological polar surface area (TPSA) is 41.1 Å². The number of carbonyl (C=O) groups is 1. The number of rotatable bonds is 5. The number of carbonyl (C=O) groups excluding carboxylic acids is 1. The van der Waals surface area contributed by atoms with Crippen molar-refractivity contribution in [2.75, 3.05) is 6.54 Å². The molecule has 1 rings (SSSR count). The summed E-state index contributed by atoms with van der Waals surface area (Å²) in [5, 5.41) is 6.05. The molecule has 17 heavy (non-hydrogen) atoms. The molecular formula is C13H19BrN2O. The number of amides is 1. The maximum atomic E-state index is 11.6. The summed E-state index contributed by atoms with van der Waals surface area (Å²) in [5.41, 5.74) is 1.10. The van der Waals surface area contributed by atoms with Gasteiger partial charge in [0.2, 0.25) is 5.91 Å². The molecule has 2 N–H and O–H groups in total. The predicted molar refractivity (Wildman–Crippen MR) is 73.8 cm³/mol. The van der Waals surface area contributed by atoms with Gasteiger partial charge in [-0.05, 0) is 24.6 Å². The monoisotopic (exact) mass is 298 g/mol. The Kier molecular flexibility index (Phi) is 5.65. The summed E-state index contributed by atoms with van der Waals surface area (Å²) in [7, 11) is 0. The molecule has 4 heteroatoms. The highest BCUT2D eigenvalue weighted by atomic mass is 79.9. The zero-order chi connectivity index (χ0) is 12.8. The second-order valence-electron chi connectivity index (χ2n) is 4.38.